The fraction of sp³-hybridized carbons (Fsp3) is 0.217. The van der Waals surface area contributed by atoms with Gasteiger partial charge in [-0.3, -0.25) is 0 Å². The lowest BCUT2D eigenvalue weighted by Crippen LogP contribution is -2.04. The summed E-state index contributed by atoms with van der Waals surface area (Å²) in [4.78, 5) is 8.87. The van der Waals surface area contributed by atoms with Crippen LogP contribution in [0, 0.1) is 0 Å². The molecule has 0 atom stereocenters. The fourth-order valence-corrected chi connectivity index (χ4v) is 3.36. The van der Waals surface area contributed by atoms with Crippen molar-refractivity contribution in [2.24, 2.45) is 0 Å². The number of benzene rings is 2. The lowest BCUT2D eigenvalue weighted by molar-refractivity contribution is 0.283. The van der Waals surface area contributed by atoms with E-state index in [0.717, 1.165) is 59.5 Å². The maximum absolute atomic E-state index is 8.94. The minimum absolute atomic E-state index is 0.234. The van der Waals surface area contributed by atoms with Gasteiger partial charge in [0.05, 0.1) is 5.39 Å². The third-order valence-electron chi connectivity index (χ3n) is 4.71. The van der Waals surface area contributed by atoms with Crippen LogP contribution in [0.5, 0.6) is 0 Å². The number of anilines is 1. The van der Waals surface area contributed by atoms with Crippen molar-refractivity contribution in [3.63, 3.8) is 0 Å². The molecule has 0 aliphatic carbocycles. The highest BCUT2D eigenvalue weighted by Crippen LogP contribution is 2.42. The van der Waals surface area contributed by atoms with Gasteiger partial charge in [0.15, 0.2) is 0 Å². The van der Waals surface area contributed by atoms with E-state index in [4.69, 9.17) is 9.52 Å². The number of hydrogen-bond acceptors (Lipinski definition) is 5. The molecule has 0 aliphatic heterocycles. The van der Waals surface area contributed by atoms with Crippen LogP contribution in [0.15, 0.2) is 71.4 Å². The normalized spacial score (nSPS) is 11.0. The van der Waals surface area contributed by atoms with E-state index in [0.29, 0.717) is 5.71 Å². The number of rotatable bonds is 8. The number of nitrogens with one attached hydrogen (secondary N) is 1. The van der Waals surface area contributed by atoms with Gasteiger partial charge in [-0.1, -0.05) is 60.7 Å². The molecule has 2 aromatic carbocycles. The Kier molecular flexibility index (Phi) is 5.64. The predicted octanol–water partition coefficient (Wildman–Crippen LogP) is 5.13. The van der Waals surface area contributed by atoms with Crippen molar-refractivity contribution in [2.45, 2.75) is 19.3 Å². The number of aliphatic hydroxyl groups is 1. The smallest absolute Gasteiger partial charge is 0.232 e. The highest BCUT2D eigenvalue weighted by molar-refractivity contribution is 6.05. The van der Waals surface area contributed by atoms with Crippen molar-refractivity contribution in [1.82, 2.24) is 9.97 Å². The third kappa shape index (κ3) is 3.75. The van der Waals surface area contributed by atoms with Crippen LogP contribution in [0.2, 0.25) is 0 Å². The average molecular weight is 373 g/mol. The third-order valence-corrected chi connectivity index (χ3v) is 4.71. The van der Waals surface area contributed by atoms with E-state index in [1.165, 1.54) is 6.33 Å². The zero-order valence-electron chi connectivity index (χ0n) is 15.6. The van der Waals surface area contributed by atoms with Gasteiger partial charge in [0.1, 0.15) is 17.9 Å². The molecule has 0 saturated heterocycles. The van der Waals surface area contributed by atoms with E-state index in [1.807, 2.05) is 48.5 Å². The van der Waals surface area contributed by atoms with Gasteiger partial charge in [-0.05, 0) is 24.8 Å². The SMILES string of the molecule is OCCCCCNc1ncnc2oc(-c3ccccc3)c(-c3ccccc3)c12. The molecular weight excluding hydrogens is 350 g/mol. The molecule has 142 valence electrons. The number of hydrogen-bond donors (Lipinski definition) is 2. The standard InChI is InChI=1S/C23H23N3O2/c27-15-9-3-8-14-24-22-20-19(17-10-4-1-5-11-17)21(18-12-6-2-7-13-18)28-23(20)26-16-25-22/h1-2,4-7,10-13,16,27H,3,8-9,14-15H2,(H,24,25,26). The highest BCUT2D eigenvalue weighted by Gasteiger charge is 2.21. The first-order valence-electron chi connectivity index (χ1n) is 9.61. The summed E-state index contributed by atoms with van der Waals surface area (Å²) in [7, 11) is 0. The Morgan fingerprint density at radius 1 is 0.821 bits per heavy atom. The van der Waals surface area contributed by atoms with Crippen molar-refractivity contribution in [1.29, 1.82) is 0 Å². The van der Waals surface area contributed by atoms with E-state index in [9.17, 15) is 0 Å². The first-order chi connectivity index (χ1) is 13.9. The van der Waals surface area contributed by atoms with Crippen LogP contribution in [0.4, 0.5) is 5.82 Å². The zero-order valence-corrected chi connectivity index (χ0v) is 15.6. The number of aliphatic hydroxyl groups excluding tert-OH is 1. The van der Waals surface area contributed by atoms with Crippen LogP contribution in [0.1, 0.15) is 19.3 Å². The summed E-state index contributed by atoms with van der Waals surface area (Å²) in [5, 5.41) is 13.3. The average Bonchev–Trinajstić information content (AvgIpc) is 3.15. The quantitative estimate of drug-likeness (QED) is 0.419. The van der Waals surface area contributed by atoms with Gasteiger partial charge < -0.3 is 14.8 Å². The summed E-state index contributed by atoms with van der Waals surface area (Å²) >= 11 is 0. The van der Waals surface area contributed by atoms with E-state index in [1.54, 1.807) is 0 Å². The predicted molar refractivity (Wildman–Crippen MR) is 112 cm³/mol. The van der Waals surface area contributed by atoms with E-state index in [2.05, 4.69) is 27.4 Å². The number of unbranched alkanes of at least 4 members (excludes halogenated alkanes) is 2. The van der Waals surface area contributed by atoms with Gasteiger partial charge in [-0.15, -0.1) is 0 Å². The van der Waals surface area contributed by atoms with Crippen molar-refractivity contribution < 1.29 is 9.52 Å². The summed E-state index contributed by atoms with van der Waals surface area (Å²) in [5.74, 6) is 1.57. The van der Waals surface area contributed by atoms with Gasteiger partial charge >= 0.3 is 0 Å². The van der Waals surface area contributed by atoms with Crippen molar-refractivity contribution in [3.05, 3.63) is 67.0 Å². The summed E-state index contributed by atoms with van der Waals surface area (Å²) in [6.07, 6.45) is 4.30. The van der Waals surface area contributed by atoms with Crippen molar-refractivity contribution in [2.75, 3.05) is 18.5 Å². The fourth-order valence-electron chi connectivity index (χ4n) is 3.36. The van der Waals surface area contributed by atoms with E-state index >= 15 is 0 Å². The van der Waals surface area contributed by atoms with Crippen LogP contribution in [0.3, 0.4) is 0 Å². The lowest BCUT2D eigenvalue weighted by atomic mass is 9.99. The van der Waals surface area contributed by atoms with Gasteiger partial charge in [0.2, 0.25) is 5.71 Å². The number of aromatic nitrogens is 2. The second kappa shape index (κ2) is 8.67. The van der Waals surface area contributed by atoms with Crippen LogP contribution >= 0.6 is 0 Å². The highest BCUT2D eigenvalue weighted by atomic mass is 16.3. The Bertz CT molecular complexity index is 1030. The number of fused-ring (bicyclic) bond motifs is 1. The molecule has 28 heavy (non-hydrogen) atoms. The summed E-state index contributed by atoms with van der Waals surface area (Å²) in [6, 6.07) is 20.3. The molecule has 0 spiro atoms. The molecule has 0 amide bonds. The van der Waals surface area contributed by atoms with Crippen LogP contribution in [-0.2, 0) is 0 Å². The summed E-state index contributed by atoms with van der Waals surface area (Å²) < 4.78 is 6.20. The minimum atomic E-state index is 0.234. The molecule has 2 heterocycles. The first kappa shape index (κ1) is 18.2. The maximum atomic E-state index is 8.94. The topological polar surface area (TPSA) is 71.2 Å². The second-order valence-corrected chi connectivity index (χ2v) is 6.65. The molecule has 2 N–H and O–H groups in total. The Morgan fingerprint density at radius 3 is 2.25 bits per heavy atom. The Labute approximate surface area is 164 Å². The molecular formula is C23H23N3O2. The second-order valence-electron chi connectivity index (χ2n) is 6.65. The molecule has 0 aliphatic rings. The first-order valence-corrected chi connectivity index (χ1v) is 9.61. The van der Waals surface area contributed by atoms with Crippen molar-refractivity contribution >= 4 is 16.9 Å². The molecule has 0 fully saturated rings. The Balaban J connectivity index is 1.81. The molecule has 0 unspecified atom stereocenters. The van der Waals surface area contributed by atoms with Crippen LogP contribution < -0.4 is 5.32 Å². The molecule has 4 aromatic rings. The van der Waals surface area contributed by atoms with Crippen LogP contribution in [0.25, 0.3) is 33.6 Å². The number of furan rings is 1. The van der Waals surface area contributed by atoms with E-state index < -0.39 is 0 Å². The van der Waals surface area contributed by atoms with Gasteiger partial charge in [0, 0.05) is 24.3 Å². The van der Waals surface area contributed by atoms with Gasteiger partial charge in [-0.25, -0.2) is 9.97 Å². The Morgan fingerprint density at radius 2 is 1.54 bits per heavy atom. The summed E-state index contributed by atoms with van der Waals surface area (Å²) in [5.41, 5.74) is 3.65. The molecule has 0 radical (unpaired) electrons. The van der Waals surface area contributed by atoms with Gasteiger partial charge in [0.25, 0.3) is 0 Å². The monoisotopic (exact) mass is 373 g/mol. The molecule has 0 saturated carbocycles. The largest absolute Gasteiger partial charge is 0.437 e. The minimum Gasteiger partial charge on any atom is -0.437 e. The van der Waals surface area contributed by atoms with Crippen LogP contribution in [-0.4, -0.2) is 28.2 Å². The molecule has 4 rings (SSSR count). The van der Waals surface area contributed by atoms with Gasteiger partial charge in [-0.2, -0.15) is 0 Å². The number of nitrogens with zero attached hydrogens (tertiary/aromatic N) is 2. The molecule has 0 bridgehead atoms. The Hall–Kier alpha value is -3.18. The maximum Gasteiger partial charge on any atom is 0.232 e. The molecule has 5 heteroatoms. The van der Waals surface area contributed by atoms with Crippen molar-refractivity contribution in [3.8, 4) is 22.5 Å². The molecule has 2 aromatic heterocycles. The van der Waals surface area contributed by atoms with E-state index in [-0.39, 0.29) is 6.61 Å². The summed E-state index contributed by atoms with van der Waals surface area (Å²) in [6.45, 7) is 1.02. The lowest BCUT2D eigenvalue weighted by Gasteiger charge is -2.08. The zero-order chi connectivity index (χ0) is 19.2. The molecule has 5 nitrogen and oxygen atoms in total.